The Morgan fingerprint density at radius 1 is 1.36 bits per heavy atom. The number of fused-ring (bicyclic) bond motifs is 1. The molecule has 1 aliphatic carbocycles. The van der Waals surface area contributed by atoms with E-state index in [4.69, 9.17) is 9.84 Å². The number of ether oxygens (including phenoxy) is 1. The molecule has 3 heterocycles. The van der Waals surface area contributed by atoms with E-state index in [1.54, 1.807) is 18.6 Å². The van der Waals surface area contributed by atoms with Gasteiger partial charge in [-0.2, -0.15) is 0 Å². The lowest BCUT2D eigenvalue weighted by atomic mass is 9.77. The van der Waals surface area contributed by atoms with Crippen LogP contribution in [0.5, 0.6) is 5.75 Å². The Hall–Kier alpha value is -1.86. The van der Waals surface area contributed by atoms with Crippen molar-refractivity contribution in [3.8, 4) is 5.75 Å². The number of hydrogen-bond acceptors (Lipinski definition) is 7. The van der Waals surface area contributed by atoms with Crippen LogP contribution in [-0.2, 0) is 6.61 Å². The average Bonchev–Trinajstić information content (AvgIpc) is 2.53. The van der Waals surface area contributed by atoms with Crippen LogP contribution in [0, 0.1) is 0 Å². The van der Waals surface area contributed by atoms with Gasteiger partial charge >= 0.3 is 0 Å². The van der Waals surface area contributed by atoms with Gasteiger partial charge in [-0.1, -0.05) is 11.8 Å². The first-order valence-corrected chi connectivity index (χ1v) is 8.09. The molecule has 0 aromatic carbocycles. The van der Waals surface area contributed by atoms with E-state index >= 15 is 0 Å². The maximum absolute atomic E-state index is 9.15. The molecule has 22 heavy (non-hydrogen) atoms. The first-order chi connectivity index (χ1) is 10.8. The fourth-order valence-electron chi connectivity index (χ4n) is 2.73. The fraction of sp³-hybridized carbons (Fsp3) is 0.400. The van der Waals surface area contributed by atoms with Gasteiger partial charge in [0, 0.05) is 6.20 Å². The normalized spacial score (nSPS) is 18.0. The zero-order valence-corrected chi connectivity index (χ0v) is 12.8. The third-order valence-corrected chi connectivity index (χ3v) is 5.04. The van der Waals surface area contributed by atoms with E-state index < -0.39 is 0 Å². The van der Waals surface area contributed by atoms with Gasteiger partial charge < -0.3 is 15.2 Å². The Morgan fingerprint density at radius 2 is 2.27 bits per heavy atom. The molecule has 1 fully saturated rings. The van der Waals surface area contributed by atoms with Crippen LogP contribution in [0.1, 0.15) is 25.0 Å². The summed E-state index contributed by atoms with van der Waals surface area (Å²) in [4.78, 5) is 13.8. The molecule has 0 saturated heterocycles. The number of pyridine rings is 1. The Labute approximate surface area is 132 Å². The fourth-order valence-corrected chi connectivity index (χ4v) is 3.61. The molecule has 2 N–H and O–H groups in total. The van der Waals surface area contributed by atoms with Crippen molar-refractivity contribution in [2.75, 3.05) is 11.9 Å². The average molecular weight is 316 g/mol. The summed E-state index contributed by atoms with van der Waals surface area (Å²) in [6, 6.07) is 1.91. The largest absolute Gasteiger partial charge is 0.486 e. The summed E-state index contributed by atoms with van der Waals surface area (Å²) < 4.78 is 6.00. The number of hydrogen-bond donors (Lipinski definition) is 2. The van der Waals surface area contributed by atoms with Gasteiger partial charge in [0.1, 0.15) is 11.6 Å². The summed E-state index contributed by atoms with van der Waals surface area (Å²) in [5.41, 5.74) is 0.639. The molecule has 0 unspecified atom stereocenters. The van der Waals surface area contributed by atoms with Crippen LogP contribution in [0.4, 0.5) is 5.82 Å². The predicted octanol–water partition coefficient (Wildman–Crippen LogP) is 2.24. The van der Waals surface area contributed by atoms with Gasteiger partial charge in [-0.15, -0.1) is 0 Å². The van der Waals surface area contributed by atoms with Crippen molar-refractivity contribution in [3.05, 3.63) is 30.4 Å². The van der Waals surface area contributed by atoms with Gasteiger partial charge in [0.15, 0.2) is 11.6 Å². The molecule has 7 heteroatoms. The van der Waals surface area contributed by atoms with Crippen LogP contribution in [0.2, 0.25) is 0 Å². The van der Waals surface area contributed by atoms with Crippen LogP contribution in [-0.4, -0.2) is 32.2 Å². The molecule has 4 rings (SSSR count). The highest BCUT2D eigenvalue weighted by Crippen LogP contribution is 2.45. The molecule has 1 aliphatic heterocycles. The Kier molecular flexibility index (Phi) is 3.38. The van der Waals surface area contributed by atoms with E-state index in [1.165, 1.54) is 18.2 Å². The molecule has 2 aromatic heterocycles. The monoisotopic (exact) mass is 316 g/mol. The van der Waals surface area contributed by atoms with E-state index in [0.717, 1.165) is 34.3 Å². The predicted molar refractivity (Wildman–Crippen MR) is 82.0 cm³/mol. The molecule has 1 saturated carbocycles. The van der Waals surface area contributed by atoms with Gasteiger partial charge in [-0.3, -0.25) is 4.98 Å². The molecule has 2 aromatic rings. The van der Waals surface area contributed by atoms with E-state index in [0.29, 0.717) is 12.3 Å². The van der Waals surface area contributed by atoms with E-state index in [9.17, 15) is 0 Å². The highest BCUT2D eigenvalue weighted by molar-refractivity contribution is 7.99. The third-order valence-electron chi connectivity index (χ3n) is 4.09. The summed E-state index contributed by atoms with van der Waals surface area (Å²) in [5.74, 6) is 1.59. The number of aliphatic hydroxyl groups is 1. The Balaban J connectivity index is 1.61. The summed E-state index contributed by atoms with van der Waals surface area (Å²) in [6.07, 6.45) is 8.53. The maximum atomic E-state index is 9.15. The van der Waals surface area contributed by atoms with Crippen LogP contribution >= 0.6 is 11.8 Å². The van der Waals surface area contributed by atoms with Crippen molar-refractivity contribution in [1.29, 1.82) is 0 Å². The SMILES string of the molecule is OCc1cncc(Sc2ccnc3c2OCC2(CCC2)N3)n1. The summed E-state index contributed by atoms with van der Waals surface area (Å²) >= 11 is 1.47. The molecule has 1 spiro atoms. The van der Waals surface area contributed by atoms with Crippen molar-refractivity contribution in [2.24, 2.45) is 0 Å². The van der Waals surface area contributed by atoms with Gasteiger partial charge in [0.2, 0.25) is 0 Å². The van der Waals surface area contributed by atoms with Gasteiger partial charge in [0.05, 0.1) is 35.1 Å². The number of nitrogens with zero attached hydrogens (tertiary/aromatic N) is 3. The van der Waals surface area contributed by atoms with Crippen LogP contribution in [0.3, 0.4) is 0 Å². The van der Waals surface area contributed by atoms with Gasteiger partial charge in [-0.05, 0) is 25.3 Å². The first kappa shape index (κ1) is 13.8. The van der Waals surface area contributed by atoms with Crippen LogP contribution in [0.25, 0.3) is 0 Å². The zero-order chi connectivity index (χ0) is 15.0. The van der Waals surface area contributed by atoms with Crippen molar-refractivity contribution in [3.63, 3.8) is 0 Å². The zero-order valence-electron chi connectivity index (χ0n) is 12.0. The van der Waals surface area contributed by atoms with Crippen molar-refractivity contribution in [2.45, 2.75) is 41.3 Å². The van der Waals surface area contributed by atoms with E-state index in [-0.39, 0.29) is 12.1 Å². The smallest absolute Gasteiger partial charge is 0.175 e. The highest BCUT2D eigenvalue weighted by Gasteiger charge is 2.42. The molecule has 2 aliphatic rings. The van der Waals surface area contributed by atoms with Crippen molar-refractivity contribution >= 4 is 17.6 Å². The standard InChI is InChI=1S/C15H16N4O2S/c20-8-10-6-16-7-12(18-10)22-11-2-5-17-14-13(11)21-9-15(19-14)3-1-4-15/h2,5-7,20H,1,3-4,8-9H2,(H,17,19). The topological polar surface area (TPSA) is 80.2 Å². The number of aromatic nitrogens is 3. The number of nitrogens with one attached hydrogen (secondary N) is 1. The summed E-state index contributed by atoms with van der Waals surface area (Å²) in [6.45, 7) is 0.567. The molecule has 6 nitrogen and oxygen atoms in total. The second-order valence-corrected chi connectivity index (χ2v) is 6.71. The molecule has 0 radical (unpaired) electrons. The highest BCUT2D eigenvalue weighted by atomic mass is 32.2. The minimum absolute atomic E-state index is 0.0832. The molecule has 0 atom stereocenters. The number of rotatable bonds is 3. The second-order valence-electron chi connectivity index (χ2n) is 5.64. The molecule has 0 bridgehead atoms. The van der Waals surface area contributed by atoms with Crippen molar-refractivity contribution in [1.82, 2.24) is 15.0 Å². The quantitative estimate of drug-likeness (QED) is 0.899. The van der Waals surface area contributed by atoms with Gasteiger partial charge in [-0.25, -0.2) is 9.97 Å². The van der Waals surface area contributed by atoms with Gasteiger partial charge in [0.25, 0.3) is 0 Å². The molecular formula is C15H16N4O2S. The Bertz CT molecular complexity index is 706. The third kappa shape index (κ3) is 2.40. The Morgan fingerprint density at radius 3 is 3.05 bits per heavy atom. The van der Waals surface area contributed by atoms with Crippen molar-refractivity contribution < 1.29 is 9.84 Å². The summed E-state index contributed by atoms with van der Waals surface area (Å²) in [7, 11) is 0. The lowest BCUT2D eigenvalue weighted by Gasteiger charge is -2.45. The van der Waals surface area contributed by atoms with E-state index in [1.807, 2.05) is 6.07 Å². The molecular weight excluding hydrogens is 300 g/mol. The number of aliphatic hydroxyl groups excluding tert-OH is 1. The minimum Gasteiger partial charge on any atom is -0.486 e. The lowest BCUT2D eigenvalue weighted by Crippen LogP contribution is -2.52. The minimum atomic E-state index is -0.115. The lowest BCUT2D eigenvalue weighted by molar-refractivity contribution is 0.144. The second kappa shape index (κ2) is 5.40. The van der Waals surface area contributed by atoms with Crippen LogP contribution < -0.4 is 10.1 Å². The molecule has 114 valence electrons. The summed E-state index contributed by atoms with van der Waals surface area (Å²) in [5, 5.41) is 13.4. The number of anilines is 1. The first-order valence-electron chi connectivity index (χ1n) is 7.28. The van der Waals surface area contributed by atoms with Crippen LogP contribution in [0.15, 0.2) is 34.6 Å². The van der Waals surface area contributed by atoms with E-state index in [2.05, 4.69) is 20.3 Å². The molecule has 0 amide bonds. The maximum Gasteiger partial charge on any atom is 0.175 e.